The number of ether oxygens (including phenoxy) is 1. The zero-order valence-corrected chi connectivity index (χ0v) is 6.83. The van der Waals surface area contributed by atoms with Crippen molar-refractivity contribution in [3.05, 3.63) is 0 Å². The van der Waals surface area contributed by atoms with Crippen molar-refractivity contribution in [2.45, 2.75) is 37.8 Å². The highest BCUT2D eigenvalue weighted by molar-refractivity contribution is 4.68. The molecule has 1 heterocycles. The van der Waals surface area contributed by atoms with Gasteiger partial charge in [0.1, 0.15) is 0 Å². The summed E-state index contributed by atoms with van der Waals surface area (Å²) in [5.74, 6) is 0. The summed E-state index contributed by atoms with van der Waals surface area (Å²) in [4.78, 5) is 0. The van der Waals surface area contributed by atoms with Crippen molar-refractivity contribution in [1.82, 2.24) is 0 Å². The van der Waals surface area contributed by atoms with E-state index in [9.17, 15) is 0 Å². The number of hydrogen-bond acceptors (Lipinski definition) is 3. The van der Waals surface area contributed by atoms with E-state index in [1.165, 1.54) is 6.42 Å². The largest absolute Gasteiger partial charge is 0.395 e. The van der Waals surface area contributed by atoms with Gasteiger partial charge >= 0.3 is 0 Å². The van der Waals surface area contributed by atoms with Crippen LogP contribution in [-0.2, 0) is 4.74 Å². The molecule has 1 saturated heterocycles. The summed E-state index contributed by atoms with van der Waals surface area (Å²) >= 11 is 0. The molecule has 1 aliphatic heterocycles. The maximum atomic E-state index is 8.64. The van der Waals surface area contributed by atoms with Crippen LogP contribution in [0.1, 0.15) is 25.7 Å². The van der Waals surface area contributed by atoms with Gasteiger partial charge in [-0.2, -0.15) is 0 Å². The molecule has 0 aromatic rings. The fourth-order valence-electron chi connectivity index (χ4n) is 1.36. The van der Waals surface area contributed by atoms with Crippen LogP contribution >= 0.6 is 0 Å². The van der Waals surface area contributed by atoms with Crippen LogP contribution in [0.3, 0.4) is 0 Å². The van der Waals surface area contributed by atoms with Gasteiger partial charge in [0.2, 0.25) is 0 Å². The lowest BCUT2D eigenvalue weighted by Crippen LogP contribution is -2.25. The van der Waals surface area contributed by atoms with Gasteiger partial charge in [-0.3, -0.25) is 0 Å². The molecule has 1 aliphatic rings. The number of rotatable bonds is 4. The van der Waals surface area contributed by atoms with Crippen molar-refractivity contribution < 1.29 is 9.84 Å². The number of nitrogens with two attached hydrogens (primary N) is 1. The van der Waals surface area contributed by atoms with Gasteiger partial charge in [-0.15, -0.1) is 0 Å². The van der Waals surface area contributed by atoms with Gasteiger partial charge in [-0.25, -0.2) is 0 Å². The minimum atomic E-state index is -0.0563. The average molecular weight is 159 g/mol. The quantitative estimate of drug-likeness (QED) is 0.619. The van der Waals surface area contributed by atoms with E-state index in [0.29, 0.717) is 6.10 Å². The molecule has 0 aliphatic carbocycles. The van der Waals surface area contributed by atoms with Gasteiger partial charge in [-0.05, 0) is 25.7 Å². The van der Waals surface area contributed by atoms with Gasteiger partial charge in [0.05, 0.1) is 12.7 Å². The van der Waals surface area contributed by atoms with E-state index in [4.69, 9.17) is 15.6 Å². The van der Waals surface area contributed by atoms with Crippen LogP contribution in [-0.4, -0.2) is 30.5 Å². The van der Waals surface area contributed by atoms with Crippen molar-refractivity contribution >= 4 is 0 Å². The Labute approximate surface area is 67.5 Å². The Balaban J connectivity index is 2.01. The molecule has 0 amide bonds. The van der Waals surface area contributed by atoms with Crippen LogP contribution in [0.25, 0.3) is 0 Å². The summed E-state index contributed by atoms with van der Waals surface area (Å²) in [5, 5.41) is 8.64. The molecule has 2 unspecified atom stereocenters. The summed E-state index contributed by atoms with van der Waals surface area (Å²) in [6.45, 7) is 0.992. The normalized spacial score (nSPS) is 27.3. The van der Waals surface area contributed by atoms with Crippen molar-refractivity contribution in [2.75, 3.05) is 13.2 Å². The molecule has 11 heavy (non-hydrogen) atoms. The lowest BCUT2D eigenvalue weighted by Gasteiger charge is -2.11. The SMILES string of the molecule is NC(CO)CCC1CCCO1. The first kappa shape index (κ1) is 8.97. The Kier molecular flexibility index (Phi) is 3.83. The van der Waals surface area contributed by atoms with Crippen LogP contribution in [0.5, 0.6) is 0 Å². The van der Waals surface area contributed by atoms with E-state index in [1.54, 1.807) is 0 Å². The van der Waals surface area contributed by atoms with E-state index in [-0.39, 0.29) is 12.6 Å². The average Bonchev–Trinajstić information content (AvgIpc) is 2.52. The molecule has 0 radical (unpaired) electrons. The summed E-state index contributed by atoms with van der Waals surface area (Å²) in [7, 11) is 0. The van der Waals surface area contributed by atoms with E-state index in [1.807, 2.05) is 0 Å². The standard InChI is InChI=1S/C8H17NO2/c9-7(6-10)3-4-8-2-1-5-11-8/h7-8,10H,1-6,9H2. The Morgan fingerprint density at radius 2 is 2.45 bits per heavy atom. The third-order valence-corrected chi connectivity index (χ3v) is 2.12. The minimum absolute atomic E-state index is 0.0563. The minimum Gasteiger partial charge on any atom is -0.395 e. The molecule has 0 saturated carbocycles. The van der Waals surface area contributed by atoms with E-state index in [2.05, 4.69) is 0 Å². The molecule has 3 heteroatoms. The number of hydrogen-bond donors (Lipinski definition) is 2. The van der Waals surface area contributed by atoms with E-state index in [0.717, 1.165) is 25.9 Å². The zero-order chi connectivity index (χ0) is 8.10. The fraction of sp³-hybridized carbons (Fsp3) is 1.00. The Hall–Kier alpha value is -0.120. The van der Waals surface area contributed by atoms with Crippen molar-refractivity contribution in [3.8, 4) is 0 Å². The second-order valence-corrected chi connectivity index (χ2v) is 3.16. The van der Waals surface area contributed by atoms with Crippen molar-refractivity contribution in [3.63, 3.8) is 0 Å². The predicted octanol–water partition coefficient (Wildman–Crippen LogP) is 0.265. The molecule has 2 atom stereocenters. The fourth-order valence-corrected chi connectivity index (χ4v) is 1.36. The summed E-state index contributed by atoms with van der Waals surface area (Å²) in [6, 6.07) is -0.0563. The number of aliphatic hydroxyl groups is 1. The zero-order valence-electron chi connectivity index (χ0n) is 6.83. The third kappa shape index (κ3) is 3.18. The van der Waals surface area contributed by atoms with Gasteiger partial charge < -0.3 is 15.6 Å². The number of aliphatic hydroxyl groups excluding tert-OH is 1. The molecule has 0 spiro atoms. The van der Waals surface area contributed by atoms with Crippen LogP contribution in [0.2, 0.25) is 0 Å². The Morgan fingerprint density at radius 1 is 1.64 bits per heavy atom. The molecule has 0 aromatic carbocycles. The molecule has 1 rings (SSSR count). The second-order valence-electron chi connectivity index (χ2n) is 3.16. The maximum Gasteiger partial charge on any atom is 0.0582 e. The van der Waals surface area contributed by atoms with Crippen LogP contribution in [0.15, 0.2) is 0 Å². The summed E-state index contributed by atoms with van der Waals surface area (Å²) in [5.41, 5.74) is 5.55. The predicted molar refractivity (Wildman–Crippen MR) is 43.3 cm³/mol. The topological polar surface area (TPSA) is 55.5 Å². The maximum absolute atomic E-state index is 8.64. The molecular weight excluding hydrogens is 142 g/mol. The lowest BCUT2D eigenvalue weighted by atomic mass is 10.1. The van der Waals surface area contributed by atoms with Crippen LogP contribution in [0.4, 0.5) is 0 Å². The van der Waals surface area contributed by atoms with Crippen molar-refractivity contribution in [2.24, 2.45) is 5.73 Å². The van der Waals surface area contributed by atoms with Crippen LogP contribution < -0.4 is 5.73 Å². The smallest absolute Gasteiger partial charge is 0.0582 e. The third-order valence-electron chi connectivity index (χ3n) is 2.12. The van der Waals surface area contributed by atoms with Gasteiger partial charge in [0.15, 0.2) is 0 Å². The molecule has 1 fully saturated rings. The second kappa shape index (κ2) is 4.70. The first-order valence-electron chi connectivity index (χ1n) is 4.31. The molecule has 3 N–H and O–H groups in total. The Morgan fingerprint density at radius 3 is 3.00 bits per heavy atom. The summed E-state index contributed by atoms with van der Waals surface area (Å²) < 4.78 is 5.41. The Bertz CT molecular complexity index is 102. The molecule has 66 valence electrons. The monoisotopic (exact) mass is 159 g/mol. The highest BCUT2D eigenvalue weighted by Crippen LogP contribution is 2.16. The van der Waals surface area contributed by atoms with E-state index < -0.39 is 0 Å². The highest BCUT2D eigenvalue weighted by Gasteiger charge is 2.15. The summed E-state index contributed by atoms with van der Waals surface area (Å²) in [6.07, 6.45) is 4.63. The first-order chi connectivity index (χ1) is 5.33. The van der Waals surface area contributed by atoms with Crippen LogP contribution in [0, 0.1) is 0 Å². The van der Waals surface area contributed by atoms with Gasteiger partial charge in [0, 0.05) is 12.6 Å². The molecule has 0 bridgehead atoms. The van der Waals surface area contributed by atoms with E-state index >= 15 is 0 Å². The first-order valence-corrected chi connectivity index (χ1v) is 4.31. The van der Waals surface area contributed by atoms with Gasteiger partial charge in [-0.1, -0.05) is 0 Å². The molecule has 0 aromatic heterocycles. The van der Waals surface area contributed by atoms with Gasteiger partial charge in [0.25, 0.3) is 0 Å². The molecule has 3 nitrogen and oxygen atoms in total. The highest BCUT2D eigenvalue weighted by atomic mass is 16.5. The lowest BCUT2D eigenvalue weighted by molar-refractivity contribution is 0.0983. The molecular formula is C8H17NO2. The van der Waals surface area contributed by atoms with Crippen molar-refractivity contribution in [1.29, 1.82) is 0 Å².